The molecule has 0 aliphatic carbocycles. The van der Waals surface area contributed by atoms with Gasteiger partial charge in [0.25, 0.3) is 0 Å². The second kappa shape index (κ2) is 6.62. The zero-order valence-corrected chi connectivity index (χ0v) is 15.8. The highest BCUT2D eigenvalue weighted by molar-refractivity contribution is 8.14. The number of carbonyl (C=O) groups excluding carboxylic acids is 1. The van der Waals surface area contributed by atoms with Crippen molar-refractivity contribution >= 4 is 34.2 Å². The van der Waals surface area contributed by atoms with Crippen LogP contribution in [0.3, 0.4) is 0 Å². The Labute approximate surface area is 149 Å². The predicted molar refractivity (Wildman–Crippen MR) is 93.4 cm³/mol. The van der Waals surface area contributed by atoms with E-state index in [1.807, 2.05) is 33.1 Å². The van der Waals surface area contributed by atoms with Gasteiger partial charge in [0, 0.05) is 11.1 Å². The molecule has 9 heteroatoms. The lowest BCUT2D eigenvalue weighted by atomic mass is 10.1. The molecule has 24 heavy (non-hydrogen) atoms. The maximum Gasteiger partial charge on any atom is 0.408 e. The molecule has 1 aromatic rings. The van der Waals surface area contributed by atoms with Gasteiger partial charge >= 0.3 is 6.09 Å². The minimum absolute atomic E-state index is 0.269. The molecule has 1 atom stereocenters. The Morgan fingerprint density at radius 1 is 1.50 bits per heavy atom. The quantitative estimate of drug-likeness (QED) is 0.876. The molecular formula is C15H21N3O4S2. The standard InChI is InChI=1S/C15H21N3O4S2/c1-14(2,3)22-13(19)16-5-10-17-9(6-23-10)11-18-15(4,7-24-11)12-20-8-21-12/h6,12H,5,7-8H2,1-4H3,(H,16,19). The van der Waals surface area contributed by atoms with Gasteiger partial charge in [-0.25, -0.2) is 9.78 Å². The molecule has 0 spiro atoms. The lowest BCUT2D eigenvalue weighted by molar-refractivity contribution is -0.338. The van der Waals surface area contributed by atoms with Gasteiger partial charge in [0.2, 0.25) is 0 Å². The fraction of sp³-hybridized carbons (Fsp3) is 0.667. The summed E-state index contributed by atoms with van der Waals surface area (Å²) in [6, 6.07) is 0. The number of nitrogens with zero attached hydrogens (tertiary/aromatic N) is 2. The van der Waals surface area contributed by atoms with E-state index in [2.05, 4.69) is 10.3 Å². The number of hydrogen-bond acceptors (Lipinski definition) is 8. The van der Waals surface area contributed by atoms with Crippen LogP contribution in [-0.4, -0.2) is 46.1 Å². The Morgan fingerprint density at radius 3 is 2.88 bits per heavy atom. The summed E-state index contributed by atoms with van der Waals surface area (Å²) in [6.45, 7) is 8.19. The molecular weight excluding hydrogens is 350 g/mol. The van der Waals surface area contributed by atoms with Gasteiger partial charge in [-0.1, -0.05) is 0 Å². The van der Waals surface area contributed by atoms with Gasteiger partial charge in [0.1, 0.15) is 26.9 Å². The van der Waals surface area contributed by atoms with Crippen LogP contribution in [0.1, 0.15) is 38.4 Å². The van der Waals surface area contributed by atoms with Crippen LogP contribution < -0.4 is 5.32 Å². The van der Waals surface area contributed by atoms with Crippen LogP contribution in [-0.2, 0) is 20.8 Å². The van der Waals surface area contributed by atoms with Crippen molar-refractivity contribution in [1.29, 1.82) is 0 Å². The number of carbonyl (C=O) groups is 1. The second-order valence-corrected chi connectivity index (χ2v) is 8.73. The topological polar surface area (TPSA) is 82.0 Å². The Morgan fingerprint density at radius 2 is 2.25 bits per heavy atom. The molecule has 1 saturated heterocycles. The van der Waals surface area contributed by atoms with Crippen LogP contribution in [0.25, 0.3) is 0 Å². The SMILES string of the molecule is CC(C)(C)OC(=O)NCc1nc(C2=NC(C)(C3OCO3)CS2)cs1. The second-order valence-electron chi connectivity index (χ2n) is 6.83. The Bertz CT molecular complexity index is 651. The van der Waals surface area contributed by atoms with Gasteiger partial charge in [-0.3, -0.25) is 4.99 Å². The molecule has 2 aliphatic heterocycles. The third-order valence-corrected chi connectivity index (χ3v) is 5.51. The van der Waals surface area contributed by atoms with E-state index in [0.29, 0.717) is 13.3 Å². The third kappa shape index (κ3) is 4.08. The molecule has 1 fully saturated rings. The first-order valence-corrected chi connectivity index (χ1v) is 9.49. The number of rotatable bonds is 4. The smallest absolute Gasteiger partial charge is 0.408 e. The van der Waals surface area contributed by atoms with Gasteiger partial charge in [-0.05, 0) is 27.7 Å². The van der Waals surface area contributed by atoms with E-state index in [4.69, 9.17) is 19.2 Å². The molecule has 0 radical (unpaired) electrons. The first kappa shape index (κ1) is 17.7. The molecule has 0 saturated carbocycles. The summed E-state index contributed by atoms with van der Waals surface area (Å²) >= 11 is 3.13. The summed E-state index contributed by atoms with van der Waals surface area (Å²) in [6.07, 6.45) is -0.715. The van der Waals surface area contributed by atoms with Crippen molar-refractivity contribution < 1.29 is 19.0 Å². The van der Waals surface area contributed by atoms with Gasteiger partial charge in [0.05, 0.1) is 6.54 Å². The number of ether oxygens (including phenoxy) is 3. The molecule has 1 aromatic heterocycles. The lowest BCUT2D eigenvalue weighted by Crippen LogP contribution is -2.49. The fourth-order valence-electron chi connectivity index (χ4n) is 2.21. The van der Waals surface area contributed by atoms with Crippen LogP contribution in [0.2, 0.25) is 0 Å². The van der Waals surface area contributed by atoms with Crippen molar-refractivity contribution in [2.24, 2.45) is 4.99 Å². The number of hydrogen-bond donors (Lipinski definition) is 1. The van der Waals surface area contributed by atoms with E-state index >= 15 is 0 Å². The number of amides is 1. The Balaban J connectivity index is 1.58. The molecule has 7 nitrogen and oxygen atoms in total. The number of alkyl carbamates (subject to hydrolysis) is 1. The summed E-state index contributed by atoms with van der Waals surface area (Å²) < 4.78 is 16.0. The van der Waals surface area contributed by atoms with Crippen molar-refractivity contribution in [2.45, 2.75) is 51.7 Å². The number of thiazole rings is 1. The molecule has 3 heterocycles. The summed E-state index contributed by atoms with van der Waals surface area (Å²) in [7, 11) is 0. The zero-order valence-electron chi connectivity index (χ0n) is 14.1. The largest absolute Gasteiger partial charge is 0.444 e. The summed E-state index contributed by atoms with van der Waals surface area (Å²) in [5.41, 5.74) is -0.0469. The summed E-state index contributed by atoms with van der Waals surface area (Å²) in [5.74, 6) is 0.802. The first-order chi connectivity index (χ1) is 11.3. The molecule has 1 N–H and O–H groups in total. The van der Waals surface area contributed by atoms with Crippen molar-refractivity contribution in [3.8, 4) is 0 Å². The minimum atomic E-state index is -0.510. The van der Waals surface area contributed by atoms with Crippen LogP contribution in [0.4, 0.5) is 4.79 Å². The van der Waals surface area contributed by atoms with Crippen LogP contribution in [0, 0.1) is 0 Å². The molecule has 1 amide bonds. The highest BCUT2D eigenvalue weighted by Crippen LogP contribution is 2.37. The number of aliphatic imine (C=N–C) groups is 1. The zero-order chi connectivity index (χ0) is 17.4. The molecule has 1 unspecified atom stereocenters. The third-order valence-electron chi connectivity index (χ3n) is 3.36. The molecule has 3 rings (SSSR count). The van der Waals surface area contributed by atoms with Crippen LogP contribution in [0.15, 0.2) is 10.4 Å². The molecule has 132 valence electrons. The number of nitrogens with one attached hydrogen (secondary N) is 1. The van der Waals surface area contributed by atoms with Gasteiger partial charge in [-0.15, -0.1) is 23.1 Å². The highest BCUT2D eigenvalue weighted by atomic mass is 32.2. The van der Waals surface area contributed by atoms with Gasteiger partial charge < -0.3 is 19.5 Å². The van der Waals surface area contributed by atoms with E-state index in [-0.39, 0.29) is 11.8 Å². The van der Waals surface area contributed by atoms with Crippen LogP contribution >= 0.6 is 23.1 Å². The number of thioether (sulfide) groups is 1. The maximum atomic E-state index is 11.7. The number of aromatic nitrogens is 1. The Kier molecular flexibility index (Phi) is 4.87. The first-order valence-electron chi connectivity index (χ1n) is 7.63. The van der Waals surface area contributed by atoms with E-state index in [9.17, 15) is 4.79 Å². The van der Waals surface area contributed by atoms with Gasteiger partial charge in [0.15, 0.2) is 13.1 Å². The Hall–Kier alpha value is -1.16. The van der Waals surface area contributed by atoms with Crippen molar-refractivity contribution in [1.82, 2.24) is 10.3 Å². The summed E-state index contributed by atoms with van der Waals surface area (Å²) in [4.78, 5) is 21.0. The van der Waals surface area contributed by atoms with Crippen molar-refractivity contribution in [2.75, 3.05) is 12.5 Å². The van der Waals surface area contributed by atoms with Crippen LogP contribution in [0.5, 0.6) is 0 Å². The summed E-state index contributed by atoms with van der Waals surface area (Å²) in [5, 5.41) is 6.36. The molecule has 2 aliphatic rings. The normalized spacial score (nSPS) is 24.4. The highest BCUT2D eigenvalue weighted by Gasteiger charge is 2.44. The molecule has 0 bridgehead atoms. The lowest BCUT2D eigenvalue weighted by Gasteiger charge is -2.36. The van der Waals surface area contributed by atoms with E-state index in [1.54, 1.807) is 11.8 Å². The van der Waals surface area contributed by atoms with Crippen molar-refractivity contribution in [3.05, 3.63) is 16.1 Å². The molecule has 0 aromatic carbocycles. The minimum Gasteiger partial charge on any atom is -0.444 e. The average Bonchev–Trinajstić information content (AvgIpc) is 2.99. The van der Waals surface area contributed by atoms with Crippen molar-refractivity contribution in [3.63, 3.8) is 0 Å². The average molecular weight is 371 g/mol. The maximum absolute atomic E-state index is 11.7. The monoisotopic (exact) mass is 371 g/mol. The van der Waals surface area contributed by atoms with Gasteiger partial charge in [-0.2, -0.15) is 0 Å². The predicted octanol–water partition coefficient (Wildman–Crippen LogP) is 2.75. The van der Waals surface area contributed by atoms with E-state index < -0.39 is 11.7 Å². The fourth-order valence-corrected chi connectivity index (χ4v) is 4.16. The van der Waals surface area contributed by atoms with E-state index in [0.717, 1.165) is 21.5 Å². The van der Waals surface area contributed by atoms with E-state index in [1.165, 1.54) is 11.3 Å².